The summed E-state index contributed by atoms with van der Waals surface area (Å²) in [4.78, 5) is 46.9. The van der Waals surface area contributed by atoms with Crippen LogP contribution in [0.15, 0.2) is 0 Å². The standard InChI is InChI=1S/C14H20O8/c1-2-3-5-8-6-4-7-13(9(15)16,10(17)18)14(8,11(19)20)12(21)22/h8H,2-7H2,1H3,(H,15,16)(H,17,18)(H,19,20)(H,21,22). The predicted molar refractivity (Wildman–Crippen MR) is 72.3 cm³/mol. The zero-order chi connectivity index (χ0) is 17.1. The van der Waals surface area contributed by atoms with Crippen molar-refractivity contribution in [2.24, 2.45) is 16.7 Å². The average Bonchev–Trinajstić information content (AvgIpc) is 2.42. The van der Waals surface area contributed by atoms with Gasteiger partial charge in [0.2, 0.25) is 0 Å². The monoisotopic (exact) mass is 316 g/mol. The van der Waals surface area contributed by atoms with Gasteiger partial charge in [-0.15, -0.1) is 0 Å². The van der Waals surface area contributed by atoms with Crippen LogP contribution in [0.4, 0.5) is 0 Å². The van der Waals surface area contributed by atoms with Crippen molar-refractivity contribution in [3.05, 3.63) is 0 Å². The van der Waals surface area contributed by atoms with E-state index >= 15 is 0 Å². The van der Waals surface area contributed by atoms with Crippen molar-refractivity contribution in [2.45, 2.75) is 45.4 Å². The number of carboxylic acid groups (broad SMARTS) is 4. The van der Waals surface area contributed by atoms with Crippen LogP contribution in [0.2, 0.25) is 0 Å². The average molecular weight is 316 g/mol. The largest absolute Gasteiger partial charge is 0.480 e. The molecule has 1 aliphatic rings. The molecule has 22 heavy (non-hydrogen) atoms. The first-order chi connectivity index (χ1) is 10.2. The van der Waals surface area contributed by atoms with Crippen LogP contribution < -0.4 is 0 Å². The Morgan fingerprint density at radius 2 is 1.45 bits per heavy atom. The molecule has 0 saturated heterocycles. The van der Waals surface area contributed by atoms with Crippen LogP contribution in [0.1, 0.15) is 45.4 Å². The van der Waals surface area contributed by atoms with Gasteiger partial charge in [0, 0.05) is 0 Å². The summed E-state index contributed by atoms with van der Waals surface area (Å²) in [6.07, 6.45) is 1.16. The molecule has 0 aromatic heterocycles. The first-order valence-corrected chi connectivity index (χ1v) is 7.13. The maximum absolute atomic E-state index is 11.8. The molecule has 0 aromatic rings. The second-order valence-electron chi connectivity index (χ2n) is 5.67. The molecule has 0 bridgehead atoms. The van der Waals surface area contributed by atoms with Crippen molar-refractivity contribution in [1.29, 1.82) is 0 Å². The molecule has 0 spiro atoms. The fourth-order valence-electron chi connectivity index (χ4n) is 3.64. The quantitative estimate of drug-likeness (QED) is 0.513. The number of hydrogen-bond acceptors (Lipinski definition) is 4. The lowest BCUT2D eigenvalue weighted by molar-refractivity contribution is -0.207. The molecular weight excluding hydrogens is 296 g/mol. The lowest BCUT2D eigenvalue weighted by atomic mass is 9.50. The lowest BCUT2D eigenvalue weighted by Gasteiger charge is -2.47. The molecule has 8 nitrogen and oxygen atoms in total. The number of carbonyl (C=O) groups is 4. The van der Waals surface area contributed by atoms with Gasteiger partial charge in [-0.1, -0.05) is 26.2 Å². The smallest absolute Gasteiger partial charge is 0.323 e. The van der Waals surface area contributed by atoms with E-state index in [1.165, 1.54) is 0 Å². The van der Waals surface area contributed by atoms with Crippen LogP contribution in [0.5, 0.6) is 0 Å². The molecule has 124 valence electrons. The summed E-state index contributed by atoms with van der Waals surface area (Å²) in [5.74, 6) is -8.66. The number of aliphatic carboxylic acids is 4. The van der Waals surface area contributed by atoms with Crippen molar-refractivity contribution in [3.63, 3.8) is 0 Å². The maximum atomic E-state index is 11.8. The molecule has 8 heteroatoms. The Morgan fingerprint density at radius 3 is 1.82 bits per heavy atom. The van der Waals surface area contributed by atoms with Gasteiger partial charge in [-0.05, 0) is 25.2 Å². The second-order valence-corrected chi connectivity index (χ2v) is 5.67. The van der Waals surface area contributed by atoms with Crippen LogP contribution in [-0.4, -0.2) is 44.3 Å². The van der Waals surface area contributed by atoms with Crippen molar-refractivity contribution >= 4 is 23.9 Å². The molecule has 0 aromatic carbocycles. The van der Waals surface area contributed by atoms with Gasteiger partial charge in [-0.25, -0.2) is 0 Å². The summed E-state index contributed by atoms with van der Waals surface area (Å²) in [7, 11) is 0. The molecular formula is C14H20O8. The zero-order valence-electron chi connectivity index (χ0n) is 12.2. The molecule has 1 aliphatic carbocycles. The van der Waals surface area contributed by atoms with Crippen LogP contribution in [0, 0.1) is 16.7 Å². The van der Waals surface area contributed by atoms with Gasteiger partial charge in [0.05, 0.1) is 0 Å². The summed E-state index contributed by atoms with van der Waals surface area (Å²) < 4.78 is 0. The fraction of sp³-hybridized carbons (Fsp3) is 0.714. The number of rotatable bonds is 7. The van der Waals surface area contributed by atoms with E-state index < -0.39 is 47.0 Å². The zero-order valence-corrected chi connectivity index (χ0v) is 12.2. The highest BCUT2D eigenvalue weighted by Gasteiger charge is 2.75. The Labute approximate surface area is 126 Å². The summed E-state index contributed by atoms with van der Waals surface area (Å²) in [6.45, 7) is 1.83. The molecule has 1 rings (SSSR count). The first-order valence-electron chi connectivity index (χ1n) is 7.13. The van der Waals surface area contributed by atoms with Crippen molar-refractivity contribution < 1.29 is 39.6 Å². The number of carboxylic acids is 4. The topological polar surface area (TPSA) is 149 Å². The Balaban J connectivity index is 3.65. The summed E-state index contributed by atoms with van der Waals surface area (Å²) >= 11 is 0. The maximum Gasteiger partial charge on any atom is 0.323 e. The molecule has 0 heterocycles. The summed E-state index contributed by atoms with van der Waals surface area (Å²) in [5, 5.41) is 38.0. The lowest BCUT2D eigenvalue weighted by Crippen LogP contribution is -2.66. The van der Waals surface area contributed by atoms with Gasteiger partial charge in [0.25, 0.3) is 0 Å². The summed E-state index contributed by atoms with van der Waals surface area (Å²) in [6, 6.07) is 0. The third kappa shape index (κ3) is 2.22. The second kappa shape index (κ2) is 6.33. The van der Waals surface area contributed by atoms with Crippen molar-refractivity contribution in [3.8, 4) is 0 Å². The van der Waals surface area contributed by atoms with Gasteiger partial charge in [0.1, 0.15) is 0 Å². The molecule has 1 saturated carbocycles. The Bertz CT molecular complexity index is 467. The molecule has 1 atom stereocenters. The number of hydrogen-bond donors (Lipinski definition) is 4. The molecule has 4 N–H and O–H groups in total. The highest BCUT2D eigenvalue weighted by molar-refractivity contribution is 6.13. The highest BCUT2D eigenvalue weighted by atomic mass is 16.4. The number of unbranched alkanes of at least 4 members (excludes halogenated alkanes) is 1. The Kier molecular flexibility index (Phi) is 5.16. The molecule has 0 amide bonds. The van der Waals surface area contributed by atoms with Crippen LogP contribution in [0.3, 0.4) is 0 Å². The van der Waals surface area contributed by atoms with Gasteiger partial charge in [-0.3, -0.25) is 19.2 Å². The van der Waals surface area contributed by atoms with Crippen LogP contribution in [-0.2, 0) is 19.2 Å². The normalized spacial score (nSPS) is 22.7. The van der Waals surface area contributed by atoms with Gasteiger partial charge >= 0.3 is 23.9 Å². The highest BCUT2D eigenvalue weighted by Crippen LogP contribution is 2.56. The summed E-state index contributed by atoms with van der Waals surface area (Å²) in [5.41, 5.74) is -5.72. The molecule has 1 unspecified atom stereocenters. The minimum Gasteiger partial charge on any atom is -0.480 e. The van der Waals surface area contributed by atoms with E-state index in [-0.39, 0.29) is 19.3 Å². The van der Waals surface area contributed by atoms with E-state index in [2.05, 4.69) is 0 Å². The van der Waals surface area contributed by atoms with E-state index in [1.54, 1.807) is 0 Å². The van der Waals surface area contributed by atoms with Crippen molar-refractivity contribution in [2.75, 3.05) is 0 Å². The van der Waals surface area contributed by atoms with Gasteiger partial charge in [0.15, 0.2) is 10.8 Å². The van der Waals surface area contributed by atoms with E-state index in [0.717, 1.165) is 0 Å². The van der Waals surface area contributed by atoms with Gasteiger partial charge in [-0.2, -0.15) is 0 Å². The SMILES string of the molecule is CCCCC1CCCC(C(=O)O)(C(=O)O)C1(C(=O)O)C(=O)O. The van der Waals surface area contributed by atoms with E-state index in [9.17, 15) is 39.6 Å². The minimum absolute atomic E-state index is 0.162. The van der Waals surface area contributed by atoms with E-state index in [1.807, 2.05) is 6.92 Å². The van der Waals surface area contributed by atoms with E-state index in [4.69, 9.17) is 0 Å². The Morgan fingerprint density at radius 1 is 0.955 bits per heavy atom. The molecule has 0 radical (unpaired) electrons. The minimum atomic E-state index is -2.86. The Hall–Kier alpha value is -2.12. The molecule has 1 fully saturated rings. The third-order valence-corrected chi connectivity index (χ3v) is 4.70. The third-order valence-electron chi connectivity index (χ3n) is 4.70. The van der Waals surface area contributed by atoms with Crippen LogP contribution >= 0.6 is 0 Å². The van der Waals surface area contributed by atoms with Crippen molar-refractivity contribution in [1.82, 2.24) is 0 Å². The molecule has 0 aliphatic heterocycles. The fourth-order valence-corrected chi connectivity index (χ4v) is 3.64. The van der Waals surface area contributed by atoms with Crippen LogP contribution in [0.25, 0.3) is 0 Å². The predicted octanol–water partition coefficient (Wildman–Crippen LogP) is 1.29. The van der Waals surface area contributed by atoms with Gasteiger partial charge < -0.3 is 20.4 Å². The van der Waals surface area contributed by atoms with E-state index in [0.29, 0.717) is 12.8 Å². The first kappa shape index (κ1) is 17.9.